The zero-order chi connectivity index (χ0) is 26.7. The van der Waals surface area contributed by atoms with E-state index in [9.17, 15) is 18.0 Å². The number of benzene rings is 2. The van der Waals surface area contributed by atoms with Crippen LogP contribution in [-0.2, 0) is 38.9 Å². The zero-order valence-electron chi connectivity index (χ0n) is 21.0. The van der Waals surface area contributed by atoms with Crippen LogP contribution in [0.4, 0.5) is 5.69 Å². The molecule has 198 valence electrons. The average molecular weight is 547 g/mol. The van der Waals surface area contributed by atoms with E-state index in [0.29, 0.717) is 42.3 Å². The molecule has 2 atom stereocenters. The van der Waals surface area contributed by atoms with Crippen LogP contribution in [0, 0.1) is 0 Å². The van der Waals surface area contributed by atoms with Gasteiger partial charge in [-0.1, -0.05) is 30.7 Å². The van der Waals surface area contributed by atoms with E-state index in [1.165, 1.54) is 11.4 Å². The maximum Gasteiger partial charge on any atom is 0.293 e. The monoisotopic (exact) mass is 546 g/mol. The van der Waals surface area contributed by atoms with Gasteiger partial charge in [-0.15, -0.1) is 0 Å². The van der Waals surface area contributed by atoms with Gasteiger partial charge in [-0.2, -0.15) is 0 Å². The predicted octanol–water partition coefficient (Wildman–Crippen LogP) is 2.74. The molecule has 2 N–H and O–H groups in total. The fraction of sp³-hybridized carbons (Fsp3) is 0.385. The molecule has 0 unspecified atom stereocenters. The number of sulfonamides is 1. The summed E-state index contributed by atoms with van der Waals surface area (Å²) >= 11 is 6.16. The molecule has 3 aromatic rings. The van der Waals surface area contributed by atoms with Crippen LogP contribution in [0.5, 0.6) is 0 Å². The molecule has 0 bridgehead atoms. The molecule has 0 fully saturated rings. The number of ether oxygens (including phenoxy) is 1. The third-order valence-corrected chi connectivity index (χ3v) is 8.73. The molecule has 1 aromatic heterocycles. The molecule has 1 aliphatic rings. The summed E-state index contributed by atoms with van der Waals surface area (Å²) in [5.41, 5.74) is 3.48. The molecule has 0 radical (unpaired) electrons. The number of likely N-dealkylation sites (N-methyl/N-ethyl adjacent to an activating group) is 1. The van der Waals surface area contributed by atoms with Gasteiger partial charge < -0.3 is 19.9 Å². The largest absolute Gasteiger partial charge is 0.461 e. The first-order chi connectivity index (χ1) is 17.7. The SMILES string of the molecule is CCc1cn2c3c(cc(C(=O)N[C@@H](Cc4cccc(Cl)c4)[C@@H](CNC)OC=O)cc13)N(C)S(=O)(=O)CC2. The van der Waals surface area contributed by atoms with Gasteiger partial charge in [-0.3, -0.25) is 13.9 Å². The fourth-order valence-electron chi connectivity index (χ4n) is 4.82. The van der Waals surface area contributed by atoms with Gasteiger partial charge in [0.05, 0.1) is 23.0 Å². The van der Waals surface area contributed by atoms with Crippen LogP contribution in [0.2, 0.25) is 5.02 Å². The highest BCUT2D eigenvalue weighted by Crippen LogP contribution is 2.35. The summed E-state index contributed by atoms with van der Waals surface area (Å²) in [5, 5.41) is 7.42. The zero-order valence-corrected chi connectivity index (χ0v) is 22.6. The van der Waals surface area contributed by atoms with Crippen molar-refractivity contribution in [2.45, 2.75) is 38.5 Å². The number of aromatic nitrogens is 1. The van der Waals surface area contributed by atoms with Crippen molar-refractivity contribution in [3.05, 3.63) is 64.3 Å². The average Bonchev–Trinajstić information content (AvgIpc) is 3.19. The number of nitrogens with one attached hydrogen (secondary N) is 2. The van der Waals surface area contributed by atoms with E-state index in [1.807, 2.05) is 29.8 Å². The standard InChI is InChI=1S/C26H31ClN4O5S/c1-4-18-15-31-8-9-37(34,35)30(3)23-13-19(12-21(18)25(23)31)26(33)29-22(24(14-28-2)36-16-32)11-17-6-5-7-20(27)10-17/h5-7,10,12-13,15-16,22,24,28H,4,8-9,11,14H2,1-3H3,(H,29,33)/t22-,24+/m0/s1. The van der Waals surface area contributed by atoms with Crippen molar-refractivity contribution in [2.24, 2.45) is 0 Å². The van der Waals surface area contributed by atoms with E-state index < -0.39 is 28.1 Å². The Kier molecular flexibility index (Phi) is 8.11. The third kappa shape index (κ3) is 5.61. The van der Waals surface area contributed by atoms with Gasteiger partial charge in [0.2, 0.25) is 10.0 Å². The van der Waals surface area contributed by atoms with Crippen molar-refractivity contribution < 1.29 is 22.7 Å². The second-order valence-corrected chi connectivity index (χ2v) is 11.7. The molecule has 2 aromatic carbocycles. The molecule has 0 aliphatic carbocycles. The first kappa shape index (κ1) is 27.0. The minimum absolute atomic E-state index is 0.0247. The lowest BCUT2D eigenvalue weighted by molar-refractivity contribution is -0.134. The first-order valence-corrected chi connectivity index (χ1v) is 14.1. The number of carbonyl (C=O) groups excluding carboxylic acids is 2. The highest BCUT2D eigenvalue weighted by molar-refractivity contribution is 7.92. The second kappa shape index (κ2) is 11.1. The van der Waals surface area contributed by atoms with Gasteiger partial charge in [0.15, 0.2) is 0 Å². The third-order valence-electron chi connectivity index (χ3n) is 6.77. The van der Waals surface area contributed by atoms with E-state index in [4.69, 9.17) is 16.3 Å². The molecule has 0 spiro atoms. The minimum Gasteiger partial charge on any atom is -0.461 e. The number of nitrogens with zero attached hydrogens (tertiary/aromatic N) is 2. The normalized spacial score (nSPS) is 16.2. The smallest absolute Gasteiger partial charge is 0.293 e. The van der Waals surface area contributed by atoms with Gasteiger partial charge in [-0.25, -0.2) is 8.42 Å². The summed E-state index contributed by atoms with van der Waals surface area (Å²) < 4.78 is 34.2. The Bertz CT molecular complexity index is 1420. The van der Waals surface area contributed by atoms with Gasteiger partial charge in [0.1, 0.15) is 6.10 Å². The molecule has 37 heavy (non-hydrogen) atoms. The number of anilines is 1. The van der Waals surface area contributed by atoms with Crippen LogP contribution in [0.1, 0.15) is 28.4 Å². The van der Waals surface area contributed by atoms with Crippen molar-refractivity contribution in [1.82, 2.24) is 15.2 Å². The maximum absolute atomic E-state index is 13.6. The van der Waals surface area contributed by atoms with Crippen molar-refractivity contribution in [1.29, 1.82) is 0 Å². The molecule has 2 heterocycles. The molecule has 0 saturated carbocycles. The van der Waals surface area contributed by atoms with Crippen molar-refractivity contribution in [3.8, 4) is 0 Å². The van der Waals surface area contributed by atoms with Crippen LogP contribution in [-0.4, -0.2) is 63.9 Å². The Labute approximate surface area is 221 Å². The summed E-state index contributed by atoms with van der Waals surface area (Å²) in [6.07, 6.45) is 2.42. The lowest BCUT2D eigenvalue weighted by Gasteiger charge is -2.27. The van der Waals surface area contributed by atoms with Gasteiger partial charge in [-0.05, 0) is 55.3 Å². The second-order valence-electron chi connectivity index (χ2n) is 9.12. The summed E-state index contributed by atoms with van der Waals surface area (Å²) in [6, 6.07) is 10.1. The maximum atomic E-state index is 13.6. The highest BCUT2D eigenvalue weighted by Gasteiger charge is 2.30. The molecule has 9 nitrogen and oxygen atoms in total. The number of aryl methyl sites for hydroxylation is 2. The minimum atomic E-state index is -3.54. The molecule has 1 aliphatic heterocycles. The lowest BCUT2D eigenvalue weighted by atomic mass is 9.99. The molecule has 4 rings (SSSR count). The molecule has 1 amide bonds. The van der Waals surface area contributed by atoms with E-state index in [2.05, 4.69) is 10.6 Å². The van der Waals surface area contributed by atoms with Crippen LogP contribution < -0.4 is 14.9 Å². The Morgan fingerprint density at radius 1 is 1.27 bits per heavy atom. The van der Waals surface area contributed by atoms with Gasteiger partial charge in [0, 0.05) is 42.3 Å². The Balaban J connectivity index is 1.75. The Morgan fingerprint density at radius 3 is 2.73 bits per heavy atom. The van der Waals surface area contributed by atoms with Crippen molar-refractivity contribution in [2.75, 3.05) is 30.7 Å². The topological polar surface area (TPSA) is 110 Å². The Hall–Kier alpha value is -3.08. The van der Waals surface area contributed by atoms with Crippen LogP contribution in [0.25, 0.3) is 10.9 Å². The summed E-state index contributed by atoms with van der Waals surface area (Å²) in [4.78, 5) is 24.9. The quantitative estimate of drug-likeness (QED) is 0.378. The number of rotatable bonds is 10. The van der Waals surface area contributed by atoms with Crippen LogP contribution in [0.15, 0.2) is 42.6 Å². The molecular weight excluding hydrogens is 516 g/mol. The molecule has 0 saturated heterocycles. The van der Waals surface area contributed by atoms with E-state index in [0.717, 1.165) is 28.5 Å². The van der Waals surface area contributed by atoms with Crippen LogP contribution >= 0.6 is 11.6 Å². The van der Waals surface area contributed by atoms with Gasteiger partial charge >= 0.3 is 0 Å². The number of hydrogen-bond acceptors (Lipinski definition) is 6. The van der Waals surface area contributed by atoms with E-state index in [-0.39, 0.29) is 5.75 Å². The summed E-state index contributed by atoms with van der Waals surface area (Å²) in [5.74, 6) is -0.422. The van der Waals surface area contributed by atoms with Gasteiger partial charge in [0.25, 0.3) is 12.4 Å². The van der Waals surface area contributed by atoms with E-state index in [1.54, 1.807) is 31.3 Å². The van der Waals surface area contributed by atoms with Crippen molar-refractivity contribution in [3.63, 3.8) is 0 Å². The Morgan fingerprint density at radius 2 is 2.05 bits per heavy atom. The molecule has 11 heteroatoms. The first-order valence-electron chi connectivity index (χ1n) is 12.1. The number of halogens is 1. The highest BCUT2D eigenvalue weighted by atomic mass is 35.5. The van der Waals surface area contributed by atoms with E-state index >= 15 is 0 Å². The fourth-order valence-corrected chi connectivity index (χ4v) is 6.17. The van der Waals surface area contributed by atoms with Crippen molar-refractivity contribution >= 4 is 50.6 Å². The summed E-state index contributed by atoms with van der Waals surface area (Å²) in [6.45, 7) is 3.06. The number of carbonyl (C=O) groups is 2. The number of amides is 1. The molecular formula is C26H31ClN4O5S. The lowest BCUT2D eigenvalue weighted by Crippen LogP contribution is -2.49. The number of hydrogen-bond donors (Lipinski definition) is 2. The summed E-state index contributed by atoms with van der Waals surface area (Å²) in [7, 11) is -0.291. The predicted molar refractivity (Wildman–Crippen MR) is 145 cm³/mol. The van der Waals surface area contributed by atoms with Crippen LogP contribution in [0.3, 0.4) is 0 Å².